The van der Waals surface area contributed by atoms with Crippen LogP contribution in [0.15, 0.2) is 0 Å². The van der Waals surface area contributed by atoms with E-state index >= 15 is 0 Å². The van der Waals surface area contributed by atoms with Crippen molar-refractivity contribution in [2.75, 3.05) is 26.4 Å². The van der Waals surface area contributed by atoms with E-state index in [-0.39, 0.29) is 5.41 Å². The van der Waals surface area contributed by atoms with Crippen LogP contribution in [0, 0.1) is 11.3 Å². The average molecular weight is 201 g/mol. The van der Waals surface area contributed by atoms with E-state index in [2.05, 4.69) is 13.8 Å². The van der Waals surface area contributed by atoms with E-state index in [0.717, 1.165) is 19.8 Å². The van der Waals surface area contributed by atoms with Crippen LogP contribution in [0.1, 0.15) is 20.3 Å². The van der Waals surface area contributed by atoms with Gasteiger partial charge in [0, 0.05) is 12.3 Å². The smallest absolute Gasteiger partial charge is 0.283 e. The number of ether oxygens (including phenoxy) is 3. The molecule has 0 radical (unpaired) electrons. The van der Waals surface area contributed by atoms with Crippen molar-refractivity contribution in [2.45, 2.75) is 26.2 Å². The summed E-state index contributed by atoms with van der Waals surface area (Å²) in [5.74, 6) is -0.393. The Morgan fingerprint density at radius 3 is 2.14 bits per heavy atom. The van der Waals surface area contributed by atoms with Gasteiger partial charge in [-0.1, -0.05) is 13.8 Å². The van der Waals surface area contributed by atoms with Gasteiger partial charge in [-0.15, -0.1) is 0 Å². The van der Waals surface area contributed by atoms with Crippen LogP contribution < -0.4 is 5.73 Å². The molecular weight excluding hydrogens is 182 g/mol. The summed E-state index contributed by atoms with van der Waals surface area (Å²) in [4.78, 5) is 0. The van der Waals surface area contributed by atoms with Crippen molar-refractivity contribution in [2.24, 2.45) is 17.1 Å². The first-order chi connectivity index (χ1) is 6.55. The second-order valence-electron chi connectivity index (χ2n) is 5.03. The lowest BCUT2D eigenvalue weighted by molar-refractivity contribution is -0.455. The summed E-state index contributed by atoms with van der Waals surface area (Å²) in [5.41, 5.74) is 5.67. The summed E-state index contributed by atoms with van der Waals surface area (Å²) >= 11 is 0. The fourth-order valence-electron chi connectivity index (χ4n) is 1.82. The highest BCUT2D eigenvalue weighted by Gasteiger charge is 2.47. The summed E-state index contributed by atoms with van der Waals surface area (Å²) in [6.45, 7) is 7.05. The molecule has 2 bridgehead atoms. The number of fused-ring (bicyclic) bond motifs is 3. The summed E-state index contributed by atoms with van der Waals surface area (Å²) in [5, 5.41) is 0. The topological polar surface area (TPSA) is 53.7 Å². The Morgan fingerprint density at radius 2 is 1.71 bits per heavy atom. The monoisotopic (exact) mass is 201 g/mol. The molecular formula is C10H19NO3. The van der Waals surface area contributed by atoms with Crippen molar-refractivity contribution < 1.29 is 14.2 Å². The van der Waals surface area contributed by atoms with Gasteiger partial charge in [0.25, 0.3) is 5.97 Å². The van der Waals surface area contributed by atoms with E-state index in [0.29, 0.717) is 18.9 Å². The van der Waals surface area contributed by atoms with Crippen LogP contribution in [-0.4, -0.2) is 32.3 Å². The maximum atomic E-state index is 5.68. The van der Waals surface area contributed by atoms with Gasteiger partial charge in [0.05, 0.1) is 19.8 Å². The van der Waals surface area contributed by atoms with Gasteiger partial charge in [-0.3, -0.25) is 0 Å². The zero-order chi connectivity index (χ0) is 10.2. The third kappa shape index (κ3) is 1.93. The van der Waals surface area contributed by atoms with Crippen LogP contribution in [-0.2, 0) is 14.2 Å². The highest BCUT2D eigenvalue weighted by molar-refractivity contribution is 4.81. The minimum atomic E-state index is -0.808. The normalized spacial score (nSPS) is 37.5. The van der Waals surface area contributed by atoms with Crippen molar-refractivity contribution in [1.82, 2.24) is 0 Å². The third-order valence-electron chi connectivity index (χ3n) is 2.86. The third-order valence-corrected chi connectivity index (χ3v) is 2.86. The molecule has 4 heteroatoms. The fraction of sp³-hybridized carbons (Fsp3) is 1.00. The first-order valence-electron chi connectivity index (χ1n) is 5.17. The van der Waals surface area contributed by atoms with Crippen LogP contribution in [0.5, 0.6) is 0 Å². The van der Waals surface area contributed by atoms with Gasteiger partial charge in [0.1, 0.15) is 0 Å². The number of nitrogens with two attached hydrogens (primary N) is 1. The van der Waals surface area contributed by atoms with Crippen LogP contribution >= 0.6 is 0 Å². The predicted molar refractivity (Wildman–Crippen MR) is 51.5 cm³/mol. The predicted octanol–water partition coefficient (Wildman–Crippen LogP) is 0.708. The maximum absolute atomic E-state index is 5.68. The van der Waals surface area contributed by atoms with Crippen molar-refractivity contribution in [1.29, 1.82) is 0 Å². The second kappa shape index (κ2) is 3.45. The van der Waals surface area contributed by atoms with Crippen molar-refractivity contribution in [3.05, 3.63) is 0 Å². The van der Waals surface area contributed by atoms with Crippen LogP contribution in [0.2, 0.25) is 0 Å². The van der Waals surface area contributed by atoms with Crippen LogP contribution in [0.3, 0.4) is 0 Å². The van der Waals surface area contributed by atoms with E-state index in [4.69, 9.17) is 19.9 Å². The second-order valence-corrected chi connectivity index (χ2v) is 5.03. The molecule has 4 nitrogen and oxygen atoms in total. The largest absolute Gasteiger partial charge is 0.330 e. The number of hydrogen-bond donors (Lipinski definition) is 1. The van der Waals surface area contributed by atoms with Gasteiger partial charge in [-0.25, -0.2) is 0 Å². The summed E-state index contributed by atoms with van der Waals surface area (Å²) in [6, 6.07) is 0. The van der Waals surface area contributed by atoms with E-state index in [1.807, 2.05) is 0 Å². The molecule has 0 atom stereocenters. The zero-order valence-corrected chi connectivity index (χ0v) is 8.91. The van der Waals surface area contributed by atoms with Gasteiger partial charge in [0.15, 0.2) is 0 Å². The van der Waals surface area contributed by atoms with Crippen LogP contribution in [0.25, 0.3) is 0 Å². The molecule has 0 amide bonds. The molecule has 3 aliphatic rings. The lowest BCUT2D eigenvalue weighted by atomic mass is 9.87. The molecule has 2 N–H and O–H groups in total. The van der Waals surface area contributed by atoms with E-state index in [1.165, 1.54) is 0 Å². The maximum Gasteiger partial charge on any atom is 0.283 e. The molecule has 0 saturated carbocycles. The summed E-state index contributed by atoms with van der Waals surface area (Å²) < 4.78 is 16.8. The molecule has 0 aromatic rings. The van der Waals surface area contributed by atoms with E-state index < -0.39 is 5.97 Å². The average Bonchev–Trinajstić information content (AvgIpc) is 2.19. The van der Waals surface area contributed by atoms with Crippen molar-refractivity contribution in [3.8, 4) is 0 Å². The number of rotatable bonds is 3. The lowest BCUT2D eigenvalue weighted by Crippen LogP contribution is -2.56. The Morgan fingerprint density at radius 1 is 1.21 bits per heavy atom. The Hall–Kier alpha value is -0.160. The van der Waals surface area contributed by atoms with Gasteiger partial charge >= 0.3 is 0 Å². The Kier molecular flexibility index (Phi) is 2.55. The molecule has 0 aromatic heterocycles. The molecule has 0 unspecified atom stereocenters. The SMILES string of the molecule is CC(C)(CN)CC12OCC(CO1)CO2. The number of hydrogen-bond acceptors (Lipinski definition) is 4. The van der Waals surface area contributed by atoms with Crippen LogP contribution in [0.4, 0.5) is 0 Å². The molecule has 14 heavy (non-hydrogen) atoms. The quantitative estimate of drug-likeness (QED) is 0.730. The Balaban J connectivity index is 2.01. The Labute approximate surface area is 84.7 Å². The summed E-state index contributed by atoms with van der Waals surface area (Å²) in [7, 11) is 0. The molecule has 0 aliphatic carbocycles. The van der Waals surface area contributed by atoms with Crippen molar-refractivity contribution in [3.63, 3.8) is 0 Å². The van der Waals surface area contributed by atoms with Gasteiger partial charge in [-0.05, 0) is 12.0 Å². The molecule has 3 fully saturated rings. The molecule has 3 saturated heterocycles. The van der Waals surface area contributed by atoms with Gasteiger partial charge < -0.3 is 19.9 Å². The van der Waals surface area contributed by atoms with E-state index in [9.17, 15) is 0 Å². The first kappa shape index (κ1) is 10.4. The van der Waals surface area contributed by atoms with Crippen molar-refractivity contribution >= 4 is 0 Å². The molecule has 82 valence electrons. The molecule has 3 rings (SSSR count). The lowest BCUT2D eigenvalue weighted by Gasteiger charge is -2.47. The van der Waals surface area contributed by atoms with Gasteiger partial charge in [-0.2, -0.15) is 0 Å². The molecule has 0 spiro atoms. The summed E-state index contributed by atoms with van der Waals surface area (Å²) in [6.07, 6.45) is 0.698. The zero-order valence-electron chi connectivity index (χ0n) is 8.91. The highest BCUT2D eigenvalue weighted by atomic mass is 16.9. The van der Waals surface area contributed by atoms with Gasteiger partial charge in [0.2, 0.25) is 0 Å². The fourth-order valence-corrected chi connectivity index (χ4v) is 1.82. The minimum absolute atomic E-state index is 0.00975. The standard InChI is InChI=1S/C10H19NO3/c1-9(2,7-11)6-10-12-3-8(4-13-10)5-14-10/h8H,3-7,11H2,1-2H3. The molecule has 3 heterocycles. The highest BCUT2D eigenvalue weighted by Crippen LogP contribution is 2.38. The Bertz CT molecular complexity index is 196. The molecule has 3 aliphatic heterocycles. The van der Waals surface area contributed by atoms with E-state index in [1.54, 1.807) is 0 Å². The minimum Gasteiger partial charge on any atom is -0.330 e. The first-order valence-corrected chi connectivity index (χ1v) is 5.17. The molecule has 0 aromatic carbocycles.